The smallest absolute Gasteiger partial charge is 0.194 e. The number of halogens is 1. The molecule has 2 rings (SSSR count). The Bertz CT molecular complexity index is 694. The number of carbonyl (C=O) groups is 1. The molecule has 3 nitrogen and oxygen atoms in total. The van der Waals surface area contributed by atoms with Crippen LogP contribution in [0.3, 0.4) is 0 Å². The summed E-state index contributed by atoms with van der Waals surface area (Å²) in [5.74, 6) is -0.525. The SMILES string of the molecule is CC(C)(C)[Si](C)(C)OC(C(=O)c1ccc(F)cc1)c1ccncc1. The first kappa shape index (κ1) is 18.5. The fourth-order valence-electron chi connectivity index (χ4n) is 2.05. The molecule has 0 saturated heterocycles. The van der Waals surface area contributed by atoms with E-state index >= 15 is 0 Å². The predicted octanol–water partition coefficient (Wildman–Crippen LogP) is 5.17. The highest BCUT2D eigenvalue weighted by Crippen LogP contribution is 2.40. The summed E-state index contributed by atoms with van der Waals surface area (Å²) >= 11 is 0. The van der Waals surface area contributed by atoms with Gasteiger partial charge in [0.2, 0.25) is 0 Å². The van der Waals surface area contributed by atoms with Crippen molar-refractivity contribution in [2.45, 2.75) is 45.0 Å². The molecule has 0 amide bonds. The zero-order valence-electron chi connectivity index (χ0n) is 14.8. The summed E-state index contributed by atoms with van der Waals surface area (Å²) in [5.41, 5.74) is 1.21. The molecule has 0 saturated carbocycles. The quantitative estimate of drug-likeness (QED) is 0.554. The third-order valence-corrected chi connectivity index (χ3v) is 9.03. The molecule has 1 heterocycles. The highest BCUT2D eigenvalue weighted by molar-refractivity contribution is 6.74. The van der Waals surface area contributed by atoms with Crippen LogP contribution >= 0.6 is 0 Å². The summed E-state index contributed by atoms with van der Waals surface area (Å²) in [6.45, 7) is 10.6. The van der Waals surface area contributed by atoms with Crippen LogP contribution in [0.25, 0.3) is 0 Å². The molecule has 2 aromatic rings. The van der Waals surface area contributed by atoms with Crippen molar-refractivity contribution in [1.82, 2.24) is 4.98 Å². The van der Waals surface area contributed by atoms with Crippen LogP contribution in [0.1, 0.15) is 42.8 Å². The van der Waals surface area contributed by atoms with E-state index in [1.165, 1.54) is 24.3 Å². The lowest BCUT2D eigenvalue weighted by molar-refractivity contribution is 0.0767. The van der Waals surface area contributed by atoms with Crippen LogP contribution in [-0.2, 0) is 4.43 Å². The lowest BCUT2D eigenvalue weighted by atomic mass is 10.0. The summed E-state index contributed by atoms with van der Waals surface area (Å²) in [6.07, 6.45) is 2.59. The van der Waals surface area contributed by atoms with Gasteiger partial charge >= 0.3 is 0 Å². The Labute approximate surface area is 144 Å². The Balaban J connectivity index is 2.40. The fourth-order valence-corrected chi connectivity index (χ4v) is 3.23. The number of hydrogen-bond donors (Lipinski definition) is 0. The number of pyridine rings is 1. The van der Waals surface area contributed by atoms with Crippen LogP contribution in [0, 0.1) is 5.82 Å². The lowest BCUT2D eigenvalue weighted by Gasteiger charge is -2.39. The van der Waals surface area contributed by atoms with Gasteiger partial charge in [0.25, 0.3) is 0 Å². The molecule has 5 heteroatoms. The molecular weight excluding hydrogens is 321 g/mol. The van der Waals surface area contributed by atoms with Crippen LogP contribution in [0.15, 0.2) is 48.8 Å². The number of rotatable bonds is 5. The maximum absolute atomic E-state index is 13.2. The second-order valence-electron chi connectivity index (χ2n) is 7.41. The molecule has 24 heavy (non-hydrogen) atoms. The van der Waals surface area contributed by atoms with Gasteiger partial charge in [-0.25, -0.2) is 4.39 Å². The number of carbonyl (C=O) groups excluding carboxylic acids is 1. The summed E-state index contributed by atoms with van der Waals surface area (Å²) in [6, 6.07) is 9.17. The number of ketones is 1. The highest BCUT2D eigenvalue weighted by Gasteiger charge is 2.41. The highest BCUT2D eigenvalue weighted by atomic mass is 28.4. The summed E-state index contributed by atoms with van der Waals surface area (Å²) in [4.78, 5) is 17.0. The van der Waals surface area contributed by atoms with Gasteiger partial charge in [0.15, 0.2) is 14.1 Å². The van der Waals surface area contributed by atoms with Crippen LogP contribution in [0.5, 0.6) is 0 Å². The zero-order valence-corrected chi connectivity index (χ0v) is 15.8. The van der Waals surface area contributed by atoms with E-state index < -0.39 is 14.4 Å². The van der Waals surface area contributed by atoms with E-state index in [9.17, 15) is 9.18 Å². The minimum atomic E-state index is -2.17. The molecule has 0 fully saturated rings. The van der Waals surface area contributed by atoms with Crippen molar-refractivity contribution in [3.05, 3.63) is 65.7 Å². The average Bonchev–Trinajstić information content (AvgIpc) is 2.52. The van der Waals surface area contributed by atoms with Crippen molar-refractivity contribution in [2.24, 2.45) is 0 Å². The second-order valence-corrected chi connectivity index (χ2v) is 12.2. The first-order chi connectivity index (χ1) is 11.1. The van der Waals surface area contributed by atoms with Crippen molar-refractivity contribution in [3.8, 4) is 0 Å². The van der Waals surface area contributed by atoms with Crippen LogP contribution in [0.2, 0.25) is 18.1 Å². The van der Waals surface area contributed by atoms with Crippen molar-refractivity contribution >= 4 is 14.1 Å². The zero-order chi connectivity index (χ0) is 18.0. The largest absolute Gasteiger partial charge is 0.403 e. The number of Topliss-reactive ketones (excluding diaryl/α,β-unsaturated/α-hetero) is 1. The number of nitrogens with zero attached hydrogens (tertiary/aromatic N) is 1. The molecule has 0 bridgehead atoms. The Kier molecular flexibility index (Phi) is 5.35. The second kappa shape index (κ2) is 6.95. The normalized spacial score (nSPS) is 13.6. The summed E-state index contributed by atoms with van der Waals surface area (Å²) in [5, 5.41) is -0.0264. The van der Waals surface area contributed by atoms with Crippen molar-refractivity contribution in [1.29, 1.82) is 0 Å². The number of aromatic nitrogens is 1. The van der Waals surface area contributed by atoms with Gasteiger partial charge in [0.1, 0.15) is 11.9 Å². The predicted molar refractivity (Wildman–Crippen MR) is 96.0 cm³/mol. The molecule has 1 aromatic heterocycles. The van der Waals surface area contributed by atoms with Gasteiger partial charge in [-0.1, -0.05) is 20.8 Å². The van der Waals surface area contributed by atoms with Gasteiger partial charge in [-0.3, -0.25) is 9.78 Å². The average molecular weight is 345 g/mol. The van der Waals surface area contributed by atoms with E-state index in [4.69, 9.17) is 4.43 Å². The van der Waals surface area contributed by atoms with Crippen molar-refractivity contribution in [3.63, 3.8) is 0 Å². The van der Waals surface area contributed by atoms with Crippen LogP contribution in [-0.4, -0.2) is 19.1 Å². The van der Waals surface area contributed by atoms with E-state index in [0.717, 1.165) is 5.56 Å². The van der Waals surface area contributed by atoms with Crippen molar-refractivity contribution in [2.75, 3.05) is 0 Å². The monoisotopic (exact) mass is 345 g/mol. The molecule has 128 valence electrons. The first-order valence-electron chi connectivity index (χ1n) is 7.99. The molecule has 0 spiro atoms. The third-order valence-electron chi connectivity index (χ3n) is 4.59. The van der Waals surface area contributed by atoms with E-state index in [-0.39, 0.29) is 16.6 Å². The minimum absolute atomic E-state index is 0.0264. The van der Waals surface area contributed by atoms with Crippen LogP contribution in [0.4, 0.5) is 4.39 Å². The van der Waals surface area contributed by atoms with E-state index in [1.54, 1.807) is 24.5 Å². The Hall–Kier alpha value is -1.85. The van der Waals surface area contributed by atoms with E-state index in [0.29, 0.717) is 5.56 Å². The standard InChI is InChI=1S/C19H24FNO2Si/c1-19(2,3)24(4,5)23-18(15-10-12-21-13-11-15)17(22)14-6-8-16(20)9-7-14/h6-13,18H,1-5H3. The Morgan fingerprint density at radius 1 is 1.08 bits per heavy atom. The molecule has 1 aromatic carbocycles. The topological polar surface area (TPSA) is 39.2 Å². The molecule has 0 aliphatic heterocycles. The first-order valence-corrected chi connectivity index (χ1v) is 10.9. The Morgan fingerprint density at radius 3 is 2.12 bits per heavy atom. The third kappa shape index (κ3) is 4.16. The van der Waals surface area contributed by atoms with Gasteiger partial charge in [-0.05, 0) is 60.1 Å². The molecular formula is C19H24FNO2Si. The van der Waals surface area contributed by atoms with Crippen LogP contribution < -0.4 is 0 Å². The fraction of sp³-hybridized carbons (Fsp3) is 0.368. The molecule has 1 unspecified atom stereocenters. The molecule has 0 aliphatic rings. The number of hydrogen-bond acceptors (Lipinski definition) is 3. The maximum Gasteiger partial charge on any atom is 0.194 e. The summed E-state index contributed by atoms with van der Waals surface area (Å²) in [7, 11) is -2.17. The van der Waals surface area contributed by atoms with Gasteiger partial charge < -0.3 is 4.43 Å². The minimum Gasteiger partial charge on any atom is -0.403 e. The van der Waals surface area contributed by atoms with Crippen molar-refractivity contribution < 1.29 is 13.6 Å². The van der Waals surface area contributed by atoms with Gasteiger partial charge in [-0.15, -0.1) is 0 Å². The Morgan fingerprint density at radius 2 is 1.62 bits per heavy atom. The number of benzene rings is 1. The molecule has 0 aliphatic carbocycles. The summed E-state index contributed by atoms with van der Waals surface area (Å²) < 4.78 is 19.6. The van der Waals surface area contributed by atoms with Gasteiger partial charge in [0, 0.05) is 18.0 Å². The molecule has 0 N–H and O–H groups in total. The molecule has 1 atom stereocenters. The van der Waals surface area contributed by atoms with Gasteiger partial charge in [-0.2, -0.15) is 0 Å². The van der Waals surface area contributed by atoms with E-state index in [2.05, 4.69) is 38.8 Å². The van der Waals surface area contributed by atoms with Gasteiger partial charge in [0.05, 0.1) is 0 Å². The maximum atomic E-state index is 13.2. The molecule has 0 radical (unpaired) electrons. The van der Waals surface area contributed by atoms with E-state index in [1.807, 2.05) is 0 Å². The lowest BCUT2D eigenvalue weighted by Crippen LogP contribution is -2.43.